The highest BCUT2D eigenvalue weighted by molar-refractivity contribution is 7.89. The summed E-state index contributed by atoms with van der Waals surface area (Å²) in [4.78, 5) is 0.0269. The molecule has 1 aromatic carbocycles. The van der Waals surface area contributed by atoms with Crippen LogP contribution in [-0.4, -0.2) is 32.4 Å². The topological polar surface area (TPSA) is 49.4 Å². The molecule has 6 heteroatoms. The third kappa shape index (κ3) is 4.12. The van der Waals surface area contributed by atoms with Crippen LogP contribution in [0.3, 0.4) is 0 Å². The van der Waals surface area contributed by atoms with Gasteiger partial charge in [0.05, 0.1) is 4.90 Å². The maximum Gasteiger partial charge on any atom is 0.243 e. The first-order valence-electron chi connectivity index (χ1n) is 6.99. The second-order valence-corrected chi connectivity index (χ2v) is 6.63. The van der Waals surface area contributed by atoms with Gasteiger partial charge in [0.1, 0.15) is 5.82 Å². The van der Waals surface area contributed by atoms with Crippen LogP contribution in [-0.2, 0) is 16.6 Å². The Hall–Kier alpha value is -1.24. The second-order valence-electron chi connectivity index (χ2n) is 4.73. The number of hydrogen-bond acceptors (Lipinski definition) is 3. The van der Waals surface area contributed by atoms with Gasteiger partial charge in [-0.15, -0.1) is 6.58 Å². The summed E-state index contributed by atoms with van der Waals surface area (Å²) in [5, 5.41) is 3.07. The molecule has 118 valence electrons. The van der Waals surface area contributed by atoms with Crippen molar-refractivity contribution in [2.45, 2.75) is 32.2 Å². The van der Waals surface area contributed by atoms with Gasteiger partial charge in [-0.2, -0.15) is 4.31 Å². The monoisotopic (exact) mass is 314 g/mol. The number of rotatable bonds is 8. The Morgan fingerprint density at radius 1 is 1.38 bits per heavy atom. The van der Waals surface area contributed by atoms with Crippen molar-refractivity contribution >= 4 is 10.0 Å². The SMILES string of the molecule is C=CCN(CC)S(=O)(=O)c1cc(CNCC)cc(F)c1C. The van der Waals surface area contributed by atoms with E-state index >= 15 is 0 Å². The van der Waals surface area contributed by atoms with Gasteiger partial charge in [-0.1, -0.05) is 19.9 Å². The highest BCUT2D eigenvalue weighted by atomic mass is 32.2. The van der Waals surface area contributed by atoms with Gasteiger partial charge in [0, 0.05) is 25.2 Å². The summed E-state index contributed by atoms with van der Waals surface area (Å²) >= 11 is 0. The van der Waals surface area contributed by atoms with Crippen molar-refractivity contribution in [1.29, 1.82) is 0 Å². The Kier molecular flexibility index (Phi) is 6.51. The lowest BCUT2D eigenvalue weighted by atomic mass is 10.1. The minimum atomic E-state index is -3.72. The third-order valence-electron chi connectivity index (χ3n) is 3.24. The molecule has 0 spiro atoms. The van der Waals surface area contributed by atoms with E-state index in [4.69, 9.17) is 0 Å². The van der Waals surface area contributed by atoms with Gasteiger partial charge in [0.15, 0.2) is 0 Å². The first-order valence-corrected chi connectivity index (χ1v) is 8.43. The highest BCUT2D eigenvalue weighted by Crippen LogP contribution is 2.24. The van der Waals surface area contributed by atoms with Gasteiger partial charge >= 0.3 is 0 Å². The largest absolute Gasteiger partial charge is 0.313 e. The fraction of sp³-hybridized carbons (Fsp3) is 0.467. The highest BCUT2D eigenvalue weighted by Gasteiger charge is 2.25. The molecule has 0 aliphatic carbocycles. The number of hydrogen-bond donors (Lipinski definition) is 1. The average Bonchev–Trinajstić information content (AvgIpc) is 2.45. The van der Waals surface area contributed by atoms with Crippen molar-refractivity contribution in [2.24, 2.45) is 0 Å². The van der Waals surface area contributed by atoms with Crippen LogP contribution < -0.4 is 5.32 Å². The summed E-state index contributed by atoms with van der Waals surface area (Å²) in [5.41, 5.74) is 0.769. The fourth-order valence-electron chi connectivity index (χ4n) is 2.03. The molecule has 0 bridgehead atoms. The summed E-state index contributed by atoms with van der Waals surface area (Å²) < 4.78 is 40.6. The zero-order valence-electron chi connectivity index (χ0n) is 12.8. The summed E-state index contributed by atoms with van der Waals surface area (Å²) in [6, 6.07) is 2.92. The van der Waals surface area contributed by atoms with Crippen LogP contribution >= 0.6 is 0 Å². The fourth-order valence-corrected chi connectivity index (χ4v) is 3.73. The lowest BCUT2D eigenvalue weighted by Crippen LogP contribution is -2.31. The van der Waals surface area contributed by atoms with Gasteiger partial charge in [-0.05, 0) is 31.2 Å². The number of likely N-dealkylation sites (N-methyl/N-ethyl adjacent to an activating group) is 1. The molecule has 0 atom stereocenters. The predicted octanol–water partition coefficient (Wildman–Crippen LogP) is 2.44. The molecule has 0 aliphatic rings. The molecular weight excluding hydrogens is 291 g/mol. The van der Waals surface area contributed by atoms with E-state index in [1.165, 1.54) is 23.4 Å². The molecule has 4 nitrogen and oxygen atoms in total. The van der Waals surface area contributed by atoms with Crippen LogP contribution in [0.2, 0.25) is 0 Å². The summed E-state index contributed by atoms with van der Waals surface area (Å²) in [6.45, 7) is 10.4. The molecule has 0 saturated heterocycles. The molecule has 1 aromatic rings. The number of halogens is 1. The molecule has 0 aliphatic heterocycles. The molecule has 0 saturated carbocycles. The predicted molar refractivity (Wildman–Crippen MR) is 83.1 cm³/mol. The van der Waals surface area contributed by atoms with E-state index < -0.39 is 15.8 Å². The summed E-state index contributed by atoms with van der Waals surface area (Å²) in [5.74, 6) is -0.501. The van der Waals surface area contributed by atoms with E-state index in [1.54, 1.807) is 13.0 Å². The average molecular weight is 314 g/mol. The number of benzene rings is 1. The van der Waals surface area contributed by atoms with Gasteiger partial charge in [-0.3, -0.25) is 0 Å². The minimum absolute atomic E-state index is 0.0269. The molecule has 0 fully saturated rings. The van der Waals surface area contributed by atoms with Crippen LogP contribution in [0.5, 0.6) is 0 Å². The van der Waals surface area contributed by atoms with E-state index in [9.17, 15) is 12.8 Å². The zero-order chi connectivity index (χ0) is 16.0. The first-order chi connectivity index (χ1) is 9.88. The van der Waals surface area contributed by atoms with Crippen LogP contribution in [0.4, 0.5) is 4.39 Å². The lowest BCUT2D eigenvalue weighted by Gasteiger charge is -2.21. The Balaban J connectivity index is 3.32. The van der Waals surface area contributed by atoms with Crippen molar-refractivity contribution in [1.82, 2.24) is 9.62 Å². The van der Waals surface area contributed by atoms with Crippen LogP contribution in [0, 0.1) is 12.7 Å². The molecule has 0 amide bonds. The lowest BCUT2D eigenvalue weighted by molar-refractivity contribution is 0.458. The second kappa shape index (κ2) is 7.68. The molecule has 0 radical (unpaired) electrons. The summed E-state index contributed by atoms with van der Waals surface area (Å²) in [6.07, 6.45) is 1.52. The van der Waals surface area contributed by atoms with Gasteiger partial charge in [0.25, 0.3) is 0 Å². The van der Waals surface area contributed by atoms with E-state index in [0.717, 1.165) is 6.54 Å². The number of nitrogens with one attached hydrogen (secondary N) is 1. The minimum Gasteiger partial charge on any atom is -0.313 e. The summed E-state index contributed by atoms with van der Waals surface area (Å²) in [7, 11) is -3.72. The molecule has 0 aromatic heterocycles. The van der Waals surface area contributed by atoms with Crippen molar-refractivity contribution in [2.75, 3.05) is 19.6 Å². The zero-order valence-corrected chi connectivity index (χ0v) is 13.6. The van der Waals surface area contributed by atoms with E-state index in [1.807, 2.05) is 6.92 Å². The smallest absolute Gasteiger partial charge is 0.243 e. The standard InChI is InChI=1S/C15H23FN2O2S/c1-5-8-18(7-3)21(19,20)15-10-13(11-17-6-2)9-14(16)12(15)4/h5,9-10,17H,1,6-8,11H2,2-4H3. The molecule has 1 N–H and O–H groups in total. The quantitative estimate of drug-likeness (QED) is 0.750. The molecule has 21 heavy (non-hydrogen) atoms. The molecule has 0 unspecified atom stereocenters. The van der Waals surface area contributed by atoms with Crippen molar-refractivity contribution in [3.05, 3.63) is 41.7 Å². The van der Waals surface area contributed by atoms with Gasteiger partial charge in [-0.25, -0.2) is 12.8 Å². The van der Waals surface area contributed by atoms with Crippen molar-refractivity contribution in [3.8, 4) is 0 Å². The van der Waals surface area contributed by atoms with Crippen molar-refractivity contribution in [3.63, 3.8) is 0 Å². The Labute approximate surface area is 126 Å². The van der Waals surface area contributed by atoms with Crippen LogP contribution in [0.25, 0.3) is 0 Å². The number of sulfonamides is 1. The maximum atomic E-state index is 14.0. The Morgan fingerprint density at radius 2 is 2.05 bits per heavy atom. The van der Waals surface area contributed by atoms with Crippen molar-refractivity contribution < 1.29 is 12.8 Å². The first kappa shape index (κ1) is 17.8. The number of nitrogens with zero attached hydrogens (tertiary/aromatic N) is 1. The maximum absolute atomic E-state index is 14.0. The Morgan fingerprint density at radius 3 is 2.57 bits per heavy atom. The molecule has 0 heterocycles. The van der Waals surface area contributed by atoms with Crippen LogP contribution in [0.15, 0.2) is 29.7 Å². The van der Waals surface area contributed by atoms with E-state index in [2.05, 4.69) is 11.9 Å². The normalized spacial score (nSPS) is 11.9. The van der Waals surface area contributed by atoms with Gasteiger partial charge in [0.2, 0.25) is 10.0 Å². The third-order valence-corrected chi connectivity index (χ3v) is 5.31. The molecule has 1 rings (SSSR count). The van der Waals surface area contributed by atoms with Gasteiger partial charge < -0.3 is 5.32 Å². The van der Waals surface area contributed by atoms with E-state index in [-0.39, 0.29) is 17.0 Å². The van der Waals surface area contributed by atoms with Crippen LogP contribution in [0.1, 0.15) is 25.0 Å². The Bertz CT molecular complexity index is 600. The van der Waals surface area contributed by atoms with E-state index in [0.29, 0.717) is 18.7 Å². The molecular formula is C15H23FN2O2S.